The zero-order chi connectivity index (χ0) is 15.9. The molecule has 0 aliphatic heterocycles. The van der Waals surface area contributed by atoms with Gasteiger partial charge in [0.25, 0.3) is 0 Å². The van der Waals surface area contributed by atoms with Gasteiger partial charge in [-0.3, -0.25) is 0 Å². The van der Waals surface area contributed by atoms with E-state index in [4.69, 9.17) is 9.47 Å². The summed E-state index contributed by atoms with van der Waals surface area (Å²) in [6, 6.07) is 8.74. The fourth-order valence-electron chi connectivity index (χ4n) is 6.01. The lowest BCUT2D eigenvalue weighted by Crippen LogP contribution is -2.21. The summed E-state index contributed by atoms with van der Waals surface area (Å²) >= 11 is 0. The molecule has 130 valence electrons. The van der Waals surface area contributed by atoms with E-state index in [9.17, 15) is 0 Å². The predicted molar refractivity (Wildman–Crippen MR) is 94.5 cm³/mol. The van der Waals surface area contributed by atoms with E-state index in [0.29, 0.717) is 12.2 Å². The van der Waals surface area contributed by atoms with E-state index in [0.717, 1.165) is 36.9 Å². The average molecular weight is 326 g/mol. The first-order valence-corrected chi connectivity index (χ1v) is 10.1. The van der Waals surface area contributed by atoms with Crippen molar-refractivity contribution in [3.05, 3.63) is 35.4 Å². The zero-order valence-electron chi connectivity index (χ0n) is 14.7. The van der Waals surface area contributed by atoms with Gasteiger partial charge >= 0.3 is 0 Å². The Kier molecular flexibility index (Phi) is 4.14. The van der Waals surface area contributed by atoms with Crippen LogP contribution in [0.3, 0.4) is 0 Å². The van der Waals surface area contributed by atoms with Gasteiger partial charge in [0.1, 0.15) is 0 Å². The molecule has 1 aromatic carbocycles. The number of rotatable bonds is 6. The second kappa shape index (κ2) is 6.46. The van der Waals surface area contributed by atoms with Crippen molar-refractivity contribution in [3.63, 3.8) is 0 Å². The average Bonchev–Trinajstić information content (AvgIpc) is 3.39. The molecule has 24 heavy (non-hydrogen) atoms. The molecule has 0 radical (unpaired) electrons. The molecule has 4 bridgehead atoms. The van der Waals surface area contributed by atoms with Crippen LogP contribution in [-0.4, -0.2) is 12.2 Å². The highest BCUT2D eigenvalue weighted by molar-refractivity contribution is 5.26. The molecule has 0 heterocycles. The molecule has 0 N–H and O–H groups in total. The maximum Gasteiger partial charge on any atom is 0.0724 e. The minimum absolute atomic E-state index is 0.517. The minimum atomic E-state index is 0.517. The van der Waals surface area contributed by atoms with E-state index in [1.54, 1.807) is 0 Å². The molecule has 2 heteroatoms. The predicted octanol–water partition coefficient (Wildman–Crippen LogP) is 5.10. The molecule has 0 amide bonds. The largest absolute Gasteiger partial charge is 0.373 e. The molecule has 4 aliphatic rings. The summed E-state index contributed by atoms with van der Waals surface area (Å²) in [6.45, 7) is 1.54. The maximum absolute atomic E-state index is 6.33. The smallest absolute Gasteiger partial charge is 0.0724 e. The van der Waals surface area contributed by atoms with Gasteiger partial charge < -0.3 is 9.47 Å². The molecule has 2 nitrogen and oxygen atoms in total. The summed E-state index contributed by atoms with van der Waals surface area (Å²) in [6.07, 6.45) is 12.1. The number of benzene rings is 1. The maximum atomic E-state index is 6.33. The highest BCUT2D eigenvalue weighted by Gasteiger charge is 2.41. The van der Waals surface area contributed by atoms with Gasteiger partial charge in [-0.05, 0) is 86.2 Å². The van der Waals surface area contributed by atoms with Gasteiger partial charge in [-0.25, -0.2) is 0 Å². The molecule has 1 aromatic rings. The molecule has 4 saturated carbocycles. The highest BCUT2D eigenvalue weighted by atomic mass is 16.5. The summed E-state index contributed by atoms with van der Waals surface area (Å²) in [4.78, 5) is 0. The Morgan fingerprint density at radius 2 is 1.17 bits per heavy atom. The van der Waals surface area contributed by atoms with Gasteiger partial charge in [-0.1, -0.05) is 24.3 Å². The third-order valence-electron chi connectivity index (χ3n) is 7.37. The van der Waals surface area contributed by atoms with E-state index in [-0.39, 0.29) is 0 Å². The van der Waals surface area contributed by atoms with Crippen molar-refractivity contribution in [2.45, 2.75) is 76.8 Å². The number of hydrogen-bond donors (Lipinski definition) is 0. The summed E-state index contributed by atoms with van der Waals surface area (Å²) in [7, 11) is 0. The van der Waals surface area contributed by atoms with Gasteiger partial charge in [0.15, 0.2) is 0 Å². The Labute approximate surface area is 145 Å². The van der Waals surface area contributed by atoms with Crippen LogP contribution < -0.4 is 0 Å². The molecule has 0 saturated heterocycles. The van der Waals surface area contributed by atoms with Crippen molar-refractivity contribution in [3.8, 4) is 0 Å². The molecule has 5 rings (SSSR count). The van der Waals surface area contributed by atoms with Crippen LogP contribution in [0.15, 0.2) is 24.3 Å². The molecule has 6 atom stereocenters. The van der Waals surface area contributed by atoms with Crippen LogP contribution in [-0.2, 0) is 22.7 Å². The number of hydrogen-bond acceptors (Lipinski definition) is 2. The van der Waals surface area contributed by atoms with E-state index >= 15 is 0 Å². The zero-order valence-corrected chi connectivity index (χ0v) is 14.7. The Bertz CT molecular complexity index is 532. The van der Waals surface area contributed by atoms with Gasteiger partial charge in [0.05, 0.1) is 25.4 Å². The topological polar surface area (TPSA) is 18.5 Å². The van der Waals surface area contributed by atoms with Crippen molar-refractivity contribution in [1.29, 1.82) is 0 Å². The first kappa shape index (κ1) is 15.4. The lowest BCUT2D eigenvalue weighted by molar-refractivity contribution is -0.00385. The molecular weight excluding hydrogens is 296 g/mol. The van der Waals surface area contributed by atoms with Crippen LogP contribution >= 0.6 is 0 Å². The van der Waals surface area contributed by atoms with Crippen molar-refractivity contribution in [2.24, 2.45) is 23.7 Å². The van der Waals surface area contributed by atoms with Crippen molar-refractivity contribution < 1.29 is 9.47 Å². The summed E-state index contributed by atoms with van der Waals surface area (Å²) in [5.41, 5.74) is 2.67. The SMILES string of the molecule is c1ccc(COC2CC3CCC2C3)c(COC2CC3CCC2C3)c1. The second-order valence-electron chi connectivity index (χ2n) is 8.82. The van der Waals surface area contributed by atoms with Crippen molar-refractivity contribution in [2.75, 3.05) is 0 Å². The highest BCUT2D eigenvalue weighted by Crippen LogP contribution is 2.47. The molecule has 4 aliphatic carbocycles. The van der Waals surface area contributed by atoms with E-state index in [1.165, 1.54) is 62.5 Å². The molecule has 0 spiro atoms. The van der Waals surface area contributed by atoms with Gasteiger partial charge in [-0.2, -0.15) is 0 Å². The van der Waals surface area contributed by atoms with Crippen molar-refractivity contribution >= 4 is 0 Å². The molecule has 4 fully saturated rings. The van der Waals surface area contributed by atoms with Gasteiger partial charge in [-0.15, -0.1) is 0 Å². The normalized spacial score (nSPS) is 39.8. The standard InChI is InChI=1S/C22H30O2/c1-2-4-20(14-24-22-12-16-6-8-18(22)10-16)19(3-1)13-23-21-11-15-5-7-17(21)9-15/h1-4,15-18,21-22H,5-14H2. The quantitative estimate of drug-likeness (QED) is 0.724. The van der Waals surface area contributed by atoms with Crippen LogP contribution in [0.5, 0.6) is 0 Å². The van der Waals surface area contributed by atoms with Crippen LogP contribution in [0.2, 0.25) is 0 Å². The number of ether oxygens (including phenoxy) is 2. The van der Waals surface area contributed by atoms with E-state index < -0.39 is 0 Å². The fraction of sp³-hybridized carbons (Fsp3) is 0.727. The monoisotopic (exact) mass is 326 g/mol. The van der Waals surface area contributed by atoms with Crippen molar-refractivity contribution in [1.82, 2.24) is 0 Å². The second-order valence-corrected chi connectivity index (χ2v) is 8.82. The van der Waals surface area contributed by atoms with Crippen LogP contribution in [0.25, 0.3) is 0 Å². The first-order chi connectivity index (χ1) is 11.8. The summed E-state index contributed by atoms with van der Waals surface area (Å²) < 4.78 is 12.7. The van der Waals surface area contributed by atoms with Crippen LogP contribution in [0.1, 0.15) is 62.5 Å². The Balaban J connectivity index is 1.18. The minimum Gasteiger partial charge on any atom is -0.373 e. The molecular formula is C22H30O2. The van der Waals surface area contributed by atoms with Crippen LogP contribution in [0.4, 0.5) is 0 Å². The summed E-state index contributed by atoms with van der Waals surface area (Å²) in [5, 5.41) is 0. The Hall–Kier alpha value is -0.860. The lowest BCUT2D eigenvalue weighted by Gasteiger charge is -2.24. The molecule has 6 unspecified atom stereocenters. The van der Waals surface area contributed by atoms with E-state index in [1.807, 2.05) is 0 Å². The fourth-order valence-corrected chi connectivity index (χ4v) is 6.01. The number of fused-ring (bicyclic) bond motifs is 4. The summed E-state index contributed by atoms with van der Waals surface area (Å²) in [5.74, 6) is 3.59. The lowest BCUT2D eigenvalue weighted by atomic mass is 9.97. The van der Waals surface area contributed by atoms with E-state index in [2.05, 4.69) is 24.3 Å². The first-order valence-electron chi connectivity index (χ1n) is 10.1. The van der Waals surface area contributed by atoms with Crippen LogP contribution in [0, 0.1) is 23.7 Å². The Morgan fingerprint density at radius 3 is 1.54 bits per heavy atom. The Morgan fingerprint density at radius 1 is 0.667 bits per heavy atom. The molecule has 0 aromatic heterocycles. The third-order valence-corrected chi connectivity index (χ3v) is 7.37. The van der Waals surface area contributed by atoms with Gasteiger partial charge in [0, 0.05) is 0 Å². The third kappa shape index (κ3) is 2.93. The van der Waals surface area contributed by atoms with Gasteiger partial charge in [0.2, 0.25) is 0 Å².